The lowest BCUT2D eigenvalue weighted by Gasteiger charge is -2.36. The second-order valence-electron chi connectivity index (χ2n) is 7.95. The second-order valence-corrected chi connectivity index (χ2v) is 7.95. The van der Waals surface area contributed by atoms with Crippen LogP contribution in [0.3, 0.4) is 0 Å². The fourth-order valence-corrected chi connectivity index (χ4v) is 4.09. The quantitative estimate of drug-likeness (QED) is 0.700. The van der Waals surface area contributed by atoms with Crippen molar-refractivity contribution in [1.29, 1.82) is 0 Å². The van der Waals surface area contributed by atoms with Gasteiger partial charge in [0, 0.05) is 11.1 Å². The van der Waals surface area contributed by atoms with Gasteiger partial charge >= 0.3 is 0 Å². The summed E-state index contributed by atoms with van der Waals surface area (Å²) in [6, 6.07) is 0. The summed E-state index contributed by atoms with van der Waals surface area (Å²) in [5.41, 5.74) is 7.20. The monoisotopic (exact) mass is 286 g/mol. The topological polar surface area (TPSA) is 20.2 Å². The molecule has 0 saturated heterocycles. The minimum absolute atomic E-state index is 0.0617. The highest BCUT2D eigenvalue weighted by atomic mass is 16.3. The molecule has 0 aromatic heterocycles. The molecule has 0 bridgehead atoms. The van der Waals surface area contributed by atoms with Gasteiger partial charge in [-0.05, 0) is 60.6 Å². The van der Waals surface area contributed by atoms with Gasteiger partial charge in [0.2, 0.25) is 0 Å². The standard InChI is InChI=1S/C20H30O/c1-11(2)16-14(5)18(20(6,7)8)19(21)17-13(4)12(3)9-10-15(16)17/h12-13,21H,1,9-10H2,2-8H3. The summed E-state index contributed by atoms with van der Waals surface area (Å²) in [6.45, 7) is 19.5. The molecule has 1 aromatic carbocycles. The van der Waals surface area contributed by atoms with E-state index in [0.29, 0.717) is 17.6 Å². The Balaban J connectivity index is 2.90. The Morgan fingerprint density at radius 2 is 1.81 bits per heavy atom. The highest BCUT2D eigenvalue weighted by Gasteiger charge is 2.33. The molecule has 1 aliphatic carbocycles. The molecule has 2 rings (SSSR count). The molecule has 1 aromatic rings. The third-order valence-electron chi connectivity index (χ3n) is 5.20. The third kappa shape index (κ3) is 2.52. The zero-order valence-electron chi connectivity index (χ0n) is 14.7. The third-order valence-corrected chi connectivity index (χ3v) is 5.20. The molecule has 1 nitrogen and oxygen atoms in total. The lowest BCUT2D eigenvalue weighted by molar-refractivity contribution is 0.385. The zero-order chi connectivity index (χ0) is 16.1. The molecule has 0 saturated carbocycles. The number of hydrogen-bond acceptors (Lipinski definition) is 1. The van der Waals surface area contributed by atoms with E-state index < -0.39 is 0 Å². The normalized spacial score (nSPS) is 22.0. The van der Waals surface area contributed by atoms with Crippen molar-refractivity contribution >= 4 is 5.57 Å². The highest BCUT2D eigenvalue weighted by Crippen LogP contribution is 2.49. The van der Waals surface area contributed by atoms with Crippen LogP contribution in [0.1, 0.15) is 81.7 Å². The van der Waals surface area contributed by atoms with E-state index in [-0.39, 0.29) is 5.41 Å². The number of hydrogen-bond donors (Lipinski definition) is 1. The van der Waals surface area contributed by atoms with E-state index >= 15 is 0 Å². The van der Waals surface area contributed by atoms with E-state index in [1.807, 2.05) is 0 Å². The highest BCUT2D eigenvalue weighted by molar-refractivity contribution is 5.74. The van der Waals surface area contributed by atoms with Gasteiger partial charge < -0.3 is 5.11 Å². The van der Waals surface area contributed by atoms with Crippen LogP contribution in [0.25, 0.3) is 5.57 Å². The van der Waals surface area contributed by atoms with E-state index in [1.54, 1.807) is 0 Å². The van der Waals surface area contributed by atoms with Crippen LogP contribution < -0.4 is 0 Å². The second kappa shape index (κ2) is 5.19. The lowest BCUT2D eigenvalue weighted by Crippen LogP contribution is -2.22. The predicted octanol–water partition coefficient (Wildman–Crippen LogP) is 5.72. The molecule has 0 heterocycles. The van der Waals surface area contributed by atoms with Crippen molar-refractivity contribution in [2.45, 2.75) is 72.6 Å². The van der Waals surface area contributed by atoms with Gasteiger partial charge in [-0.15, -0.1) is 0 Å². The molecule has 2 unspecified atom stereocenters. The first-order chi connectivity index (χ1) is 9.57. The number of rotatable bonds is 1. The van der Waals surface area contributed by atoms with Gasteiger partial charge in [0.15, 0.2) is 0 Å². The van der Waals surface area contributed by atoms with E-state index in [9.17, 15) is 5.11 Å². The van der Waals surface area contributed by atoms with Gasteiger partial charge in [0.05, 0.1) is 0 Å². The Hall–Kier alpha value is -1.24. The Bertz CT molecular complexity index is 587. The fourth-order valence-electron chi connectivity index (χ4n) is 4.09. The molecule has 21 heavy (non-hydrogen) atoms. The summed E-state index contributed by atoms with van der Waals surface area (Å²) in [5, 5.41) is 11.0. The van der Waals surface area contributed by atoms with Crippen LogP contribution in [0.15, 0.2) is 6.58 Å². The molecule has 1 aliphatic rings. The van der Waals surface area contributed by atoms with Crippen LogP contribution in [0.4, 0.5) is 0 Å². The van der Waals surface area contributed by atoms with Crippen molar-refractivity contribution < 1.29 is 5.11 Å². The van der Waals surface area contributed by atoms with Gasteiger partial charge in [-0.1, -0.05) is 46.8 Å². The Morgan fingerprint density at radius 3 is 2.29 bits per heavy atom. The van der Waals surface area contributed by atoms with Crippen LogP contribution in [-0.2, 0) is 11.8 Å². The molecule has 0 amide bonds. The molecule has 0 fully saturated rings. The molecule has 1 N–H and O–H groups in total. The molecule has 0 aliphatic heterocycles. The maximum atomic E-state index is 11.0. The lowest BCUT2D eigenvalue weighted by atomic mass is 9.69. The van der Waals surface area contributed by atoms with Crippen molar-refractivity contribution in [3.8, 4) is 5.75 Å². The van der Waals surface area contributed by atoms with Gasteiger partial charge in [0.1, 0.15) is 5.75 Å². The van der Waals surface area contributed by atoms with E-state index in [4.69, 9.17) is 0 Å². The number of phenols is 1. The summed E-state index contributed by atoms with van der Waals surface area (Å²) >= 11 is 0. The largest absolute Gasteiger partial charge is 0.507 e. The van der Waals surface area contributed by atoms with Gasteiger partial charge in [-0.2, -0.15) is 0 Å². The summed E-state index contributed by atoms with van der Waals surface area (Å²) < 4.78 is 0. The number of aromatic hydroxyl groups is 1. The number of allylic oxidation sites excluding steroid dienone is 1. The maximum Gasteiger partial charge on any atom is 0.123 e. The summed E-state index contributed by atoms with van der Waals surface area (Å²) in [4.78, 5) is 0. The number of phenolic OH excluding ortho intramolecular Hbond substituents is 1. The van der Waals surface area contributed by atoms with E-state index in [0.717, 1.165) is 17.6 Å². The van der Waals surface area contributed by atoms with Crippen molar-refractivity contribution in [3.05, 3.63) is 34.4 Å². The van der Waals surface area contributed by atoms with E-state index in [2.05, 4.69) is 55.0 Å². The average molecular weight is 286 g/mol. The molecule has 1 heteroatoms. The van der Waals surface area contributed by atoms with Crippen molar-refractivity contribution in [1.82, 2.24) is 0 Å². The van der Waals surface area contributed by atoms with Gasteiger partial charge in [-0.3, -0.25) is 0 Å². The Kier molecular flexibility index (Phi) is 3.99. The van der Waals surface area contributed by atoms with E-state index in [1.165, 1.54) is 28.7 Å². The van der Waals surface area contributed by atoms with Crippen LogP contribution >= 0.6 is 0 Å². The first-order valence-corrected chi connectivity index (χ1v) is 8.12. The van der Waals surface area contributed by atoms with Crippen LogP contribution in [0.5, 0.6) is 5.75 Å². The number of benzene rings is 1. The number of fused-ring (bicyclic) bond motifs is 1. The SMILES string of the molecule is C=C(C)c1c(C)c(C(C)(C)C)c(O)c2c1CCC(C)C2C. The maximum absolute atomic E-state index is 11.0. The van der Waals surface area contributed by atoms with Crippen molar-refractivity contribution in [2.24, 2.45) is 5.92 Å². The zero-order valence-corrected chi connectivity index (χ0v) is 14.7. The smallest absolute Gasteiger partial charge is 0.123 e. The first kappa shape index (κ1) is 16.1. The molecular formula is C20H30O. The summed E-state index contributed by atoms with van der Waals surface area (Å²) in [5.74, 6) is 1.57. The van der Waals surface area contributed by atoms with Crippen LogP contribution in [-0.4, -0.2) is 5.11 Å². The molecule has 0 spiro atoms. The van der Waals surface area contributed by atoms with Crippen LogP contribution in [0, 0.1) is 12.8 Å². The summed E-state index contributed by atoms with van der Waals surface area (Å²) in [7, 11) is 0. The van der Waals surface area contributed by atoms with Crippen molar-refractivity contribution in [3.63, 3.8) is 0 Å². The molecule has 116 valence electrons. The first-order valence-electron chi connectivity index (χ1n) is 8.12. The Labute approximate surface area is 130 Å². The predicted molar refractivity (Wildman–Crippen MR) is 92.2 cm³/mol. The minimum atomic E-state index is -0.0617. The molecule has 0 radical (unpaired) electrons. The van der Waals surface area contributed by atoms with Crippen molar-refractivity contribution in [2.75, 3.05) is 0 Å². The van der Waals surface area contributed by atoms with Gasteiger partial charge in [0.25, 0.3) is 0 Å². The summed E-state index contributed by atoms with van der Waals surface area (Å²) in [6.07, 6.45) is 2.25. The average Bonchev–Trinajstić information content (AvgIpc) is 2.31. The Morgan fingerprint density at radius 1 is 1.24 bits per heavy atom. The van der Waals surface area contributed by atoms with Gasteiger partial charge in [-0.25, -0.2) is 0 Å². The minimum Gasteiger partial charge on any atom is -0.507 e. The van der Waals surface area contributed by atoms with Crippen LogP contribution in [0.2, 0.25) is 0 Å². The molecule has 2 atom stereocenters. The molecular weight excluding hydrogens is 256 g/mol. The fraction of sp³-hybridized carbons (Fsp3) is 0.600.